The molecule has 3 aromatic carbocycles. The SMILES string of the molecule is COc1ccccc1[C@@H](c1oc2ccccc2c1NC(=O)c1ccc(C)cc1)N1CCOCC1. The fourth-order valence-corrected chi connectivity index (χ4v) is 4.51. The van der Waals surface area contributed by atoms with E-state index >= 15 is 0 Å². The van der Waals surface area contributed by atoms with Gasteiger partial charge in [0.2, 0.25) is 0 Å². The molecule has 174 valence electrons. The zero-order valence-corrected chi connectivity index (χ0v) is 19.4. The van der Waals surface area contributed by atoms with Crippen molar-refractivity contribution in [2.75, 3.05) is 38.7 Å². The minimum Gasteiger partial charge on any atom is -0.496 e. The van der Waals surface area contributed by atoms with Gasteiger partial charge in [0.05, 0.1) is 32.1 Å². The van der Waals surface area contributed by atoms with E-state index in [0.717, 1.165) is 40.9 Å². The van der Waals surface area contributed by atoms with Gasteiger partial charge in [-0.2, -0.15) is 0 Å². The van der Waals surface area contributed by atoms with Gasteiger partial charge in [-0.1, -0.05) is 48.0 Å². The second kappa shape index (κ2) is 9.71. The first-order valence-electron chi connectivity index (χ1n) is 11.5. The average Bonchev–Trinajstić information content (AvgIpc) is 3.23. The summed E-state index contributed by atoms with van der Waals surface area (Å²) in [7, 11) is 1.67. The largest absolute Gasteiger partial charge is 0.496 e. The van der Waals surface area contributed by atoms with Crippen LogP contribution in [0.5, 0.6) is 5.75 Å². The molecule has 1 aromatic heterocycles. The van der Waals surface area contributed by atoms with E-state index in [1.54, 1.807) is 7.11 Å². The van der Waals surface area contributed by atoms with E-state index in [2.05, 4.69) is 16.3 Å². The number of methoxy groups -OCH3 is 1. The van der Waals surface area contributed by atoms with Crippen LogP contribution in [0.1, 0.15) is 33.3 Å². The molecule has 6 heteroatoms. The molecule has 0 bridgehead atoms. The van der Waals surface area contributed by atoms with Crippen LogP contribution in [0.3, 0.4) is 0 Å². The molecule has 0 spiro atoms. The smallest absolute Gasteiger partial charge is 0.255 e. The number of hydrogen-bond acceptors (Lipinski definition) is 5. The number of carbonyl (C=O) groups is 1. The lowest BCUT2D eigenvalue weighted by molar-refractivity contribution is 0.0202. The highest BCUT2D eigenvalue weighted by Crippen LogP contribution is 2.43. The summed E-state index contributed by atoms with van der Waals surface area (Å²) in [6.07, 6.45) is 0. The number of fused-ring (bicyclic) bond motifs is 1. The van der Waals surface area contributed by atoms with Crippen molar-refractivity contribution in [3.63, 3.8) is 0 Å². The minimum absolute atomic E-state index is 0.173. The van der Waals surface area contributed by atoms with Crippen molar-refractivity contribution in [1.29, 1.82) is 0 Å². The molecule has 1 amide bonds. The van der Waals surface area contributed by atoms with E-state index in [1.807, 2.05) is 73.7 Å². The van der Waals surface area contributed by atoms with Crippen molar-refractivity contribution in [2.24, 2.45) is 0 Å². The normalized spacial score (nSPS) is 15.2. The Balaban J connectivity index is 1.65. The summed E-state index contributed by atoms with van der Waals surface area (Å²) < 4.78 is 17.8. The van der Waals surface area contributed by atoms with Crippen molar-refractivity contribution >= 4 is 22.6 Å². The predicted octanol–water partition coefficient (Wildman–Crippen LogP) is 5.42. The van der Waals surface area contributed by atoms with Crippen molar-refractivity contribution in [3.05, 3.63) is 95.2 Å². The Bertz CT molecular complexity index is 1290. The van der Waals surface area contributed by atoms with Gasteiger partial charge in [0.25, 0.3) is 5.91 Å². The molecule has 2 heterocycles. The van der Waals surface area contributed by atoms with Crippen molar-refractivity contribution in [2.45, 2.75) is 13.0 Å². The quantitative estimate of drug-likeness (QED) is 0.420. The van der Waals surface area contributed by atoms with Crippen LogP contribution in [-0.4, -0.2) is 44.2 Å². The number of anilines is 1. The molecule has 1 fully saturated rings. The summed E-state index contributed by atoms with van der Waals surface area (Å²) in [4.78, 5) is 15.6. The van der Waals surface area contributed by atoms with Gasteiger partial charge in [0, 0.05) is 29.6 Å². The lowest BCUT2D eigenvalue weighted by atomic mass is 9.99. The van der Waals surface area contributed by atoms with E-state index in [0.29, 0.717) is 30.2 Å². The number of benzene rings is 3. The average molecular weight is 457 g/mol. The minimum atomic E-state index is -0.249. The lowest BCUT2D eigenvalue weighted by Crippen LogP contribution is -2.39. The Morgan fingerprint density at radius 3 is 2.44 bits per heavy atom. The third-order valence-electron chi connectivity index (χ3n) is 6.27. The second-order valence-corrected chi connectivity index (χ2v) is 8.45. The molecule has 1 N–H and O–H groups in total. The Kier molecular flexibility index (Phi) is 6.34. The van der Waals surface area contributed by atoms with Gasteiger partial charge in [-0.15, -0.1) is 0 Å². The topological polar surface area (TPSA) is 63.9 Å². The van der Waals surface area contributed by atoms with Crippen LogP contribution in [0, 0.1) is 6.92 Å². The zero-order chi connectivity index (χ0) is 23.5. The van der Waals surface area contributed by atoms with E-state index < -0.39 is 0 Å². The number of aryl methyl sites for hydroxylation is 1. The number of hydrogen-bond donors (Lipinski definition) is 1. The van der Waals surface area contributed by atoms with Crippen LogP contribution >= 0.6 is 0 Å². The van der Waals surface area contributed by atoms with Gasteiger partial charge in [-0.05, 0) is 37.3 Å². The molecule has 0 saturated carbocycles. The Labute approximate surface area is 199 Å². The van der Waals surface area contributed by atoms with E-state index in [9.17, 15) is 4.79 Å². The fraction of sp³-hybridized carbons (Fsp3) is 0.250. The van der Waals surface area contributed by atoms with Gasteiger partial charge in [-0.3, -0.25) is 9.69 Å². The summed E-state index contributed by atoms with van der Waals surface area (Å²) in [5.74, 6) is 1.29. The summed E-state index contributed by atoms with van der Waals surface area (Å²) in [6, 6.07) is 23.1. The number of morpholine rings is 1. The Morgan fingerprint density at radius 2 is 1.68 bits per heavy atom. The first-order chi connectivity index (χ1) is 16.7. The number of para-hydroxylation sites is 2. The highest BCUT2D eigenvalue weighted by molar-refractivity contribution is 6.09. The van der Waals surface area contributed by atoms with Gasteiger partial charge < -0.3 is 19.2 Å². The lowest BCUT2D eigenvalue weighted by Gasteiger charge is -2.34. The van der Waals surface area contributed by atoms with Gasteiger partial charge in [-0.25, -0.2) is 0 Å². The maximum atomic E-state index is 13.3. The maximum Gasteiger partial charge on any atom is 0.255 e. The molecule has 0 unspecified atom stereocenters. The van der Waals surface area contributed by atoms with Gasteiger partial charge in [0.15, 0.2) is 5.76 Å². The zero-order valence-electron chi connectivity index (χ0n) is 19.4. The van der Waals surface area contributed by atoms with Crippen LogP contribution in [0.4, 0.5) is 5.69 Å². The molecule has 1 saturated heterocycles. The van der Waals surface area contributed by atoms with Crippen molar-refractivity contribution in [3.8, 4) is 5.75 Å². The molecule has 34 heavy (non-hydrogen) atoms. The summed E-state index contributed by atoms with van der Waals surface area (Å²) in [5, 5.41) is 4.03. The van der Waals surface area contributed by atoms with E-state index in [4.69, 9.17) is 13.9 Å². The summed E-state index contributed by atoms with van der Waals surface area (Å²) in [5.41, 5.74) is 4.10. The van der Waals surface area contributed by atoms with E-state index in [1.165, 1.54) is 0 Å². The van der Waals surface area contributed by atoms with Crippen LogP contribution in [-0.2, 0) is 4.74 Å². The highest BCUT2D eigenvalue weighted by atomic mass is 16.5. The number of amides is 1. The molecule has 1 aliphatic rings. The monoisotopic (exact) mass is 456 g/mol. The molecular formula is C28H28N2O4. The molecule has 0 radical (unpaired) electrons. The molecule has 4 aromatic rings. The van der Waals surface area contributed by atoms with Crippen LogP contribution in [0.25, 0.3) is 11.0 Å². The molecule has 1 atom stereocenters. The Hall–Kier alpha value is -3.61. The standard InChI is InChI=1S/C28H28N2O4/c1-19-11-13-20(14-12-19)28(31)29-25-21-7-3-6-10-24(21)34-27(25)26(30-15-17-33-18-16-30)22-8-4-5-9-23(22)32-2/h3-14,26H,15-18H2,1-2H3,(H,29,31)/t26-/m0/s1. The highest BCUT2D eigenvalue weighted by Gasteiger charge is 2.33. The first kappa shape index (κ1) is 22.2. The van der Waals surface area contributed by atoms with Gasteiger partial charge >= 0.3 is 0 Å². The molecule has 6 nitrogen and oxygen atoms in total. The number of rotatable bonds is 6. The number of nitrogens with zero attached hydrogens (tertiary/aromatic N) is 1. The third kappa shape index (κ3) is 4.30. The molecule has 0 aliphatic carbocycles. The van der Waals surface area contributed by atoms with Crippen LogP contribution < -0.4 is 10.1 Å². The fourth-order valence-electron chi connectivity index (χ4n) is 4.51. The van der Waals surface area contributed by atoms with E-state index in [-0.39, 0.29) is 11.9 Å². The predicted molar refractivity (Wildman–Crippen MR) is 133 cm³/mol. The molecule has 5 rings (SSSR count). The first-order valence-corrected chi connectivity index (χ1v) is 11.5. The van der Waals surface area contributed by atoms with Crippen molar-refractivity contribution in [1.82, 2.24) is 4.90 Å². The third-order valence-corrected chi connectivity index (χ3v) is 6.27. The maximum absolute atomic E-state index is 13.3. The second-order valence-electron chi connectivity index (χ2n) is 8.45. The van der Waals surface area contributed by atoms with Crippen molar-refractivity contribution < 1.29 is 18.7 Å². The van der Waals surface area contributed by atoms with Gasteiger partial charge in [0.1, 0.15) is 11.3 Å². The Morgan fingerprint density at radius 1 is 0.971 bits per heavy atom. The summed E-state index contributed by atoms with van der Waals surface area (Å²) in [6.45, 7) is 4.76. The number of ether oxygens (including phenoxy) is 2. The number of carbonyl (C=O) groups excluding carboxylic acids is 1. The number of nitrogens with one attached hydrogen (secondary N) is 1. The van der Waals surface area contributed by atoms with Crippen LogP contribution in [0.2, 0.25) is 0 Å². The molecule has 1 aliphatic heterocycles. The number of furan rings is 1. The van der Waals surface area contributed by atoms with Crippen LogP contribution in [0.15, 0.2) is 77.2 Å². The molecular weight excluding hydrogens is 428 g/mol. The summed E-state index contributed by atoms with van der Waals surface area (Å²) >= 11 is 0.